The predicted octanol–water partition coefficient (Wildman–Crippen LogP) is 6.34. The molecule has 4 aromatic carbocycles. The highest BCUT2D eigenvalue weighted by atomic mass is 15.3. The summed E-state index contributed by atoms with van der Waals surface area (Å²) in [5.74, 6) is 1.03. The van der Waals surface area contributed by atoms with Gasteiger partial charge in [0, 0.05) is 37.6 Å². The van der Waals surface area contributed by atoms with Crippen LogP contribution >= 0.6 is 0 Å². The van der Waals surface area contributed by atoms with Gasteiger partial charge in [-0.1, -0.05) is 66.7 Å². The summed E-state index contributed by atoms with van der Waals surface area (Å²) < 4.78 is 2.41. The average Bonchev–Trinajstić information content (AvgIpc) is 3.25. The van der Waals surface area contributed by atoms with Crippen LogP contribution < -0.4 is 9.80 Å². The topological polar surface area (TPSA) is 24.3 Å². The summed E-state index contributed by atoms with van der Waals surface area (Å²) in [5.41, 5.74) is 8.29. The third-order valence-electron chi connectivity index (χ3n) is 6.49. The molecule has 0 spiro atoms. The average molecular weight is 431 g/mol. The molecule has 1 atom stereocenters. The van der Waals surface area contributed by atoms with Crippen molar-refractivity contribution in [2.75, 3.05) is 23.9 Å². The van der Waals surface area contributed by atoms with Crippen LogP contribution in [-0.4, -0.2) is 23.6 Å². The number of imidazole rings is 1. The maximum atomic E-state index is 5.09. The van der Waals surface area contributed by atoms with E-state index in [0.29, 0.717) is 0 Å². The predicted molar refractivity (Wildman–Crippen MR) is 137 cm³/mol. The Morgan fingerprint density at radius 1 is 0.758 bits per heavy atom. The molecule has 0 amide bonds. The van der Waals surface area contributed by atoms with Gasteiger partial charge >= 0.3 is 0 Å². The zero-order chi connectivity index (χ0) is 22.4. The third-order valence-corrected chi connectivity index (χ3v) is 6.49. The van der Waals surface area contributed by atoms with Crippen molar-refractivity contribution in [3.8, 4) is 11.4 Å². The van der Waals surface area contributed by atoms with E-state index in [4.69, 9.17) is 4.98 Å². The van der Waals surface area contributed by atoms with Crippen LogP contribution in [-0.2, 0) is 6.54 Å². The lowest BCUT2D eigenvalue weighted by Crippen LogP contribution is -2.36. The number of fused-ring (bicyclic) bond motifs is 5. The molecule has 0 radical (unpaired) electrons. The van der Waals surface area contributed by atoms with Gasteiger partial charge in [-0.25, -0.2) is 4.98 Å². The van der Waals surface area contributed by atoms with Crippen LogP contribution in [0.25, 0.3) is 22.4 Å². The van der Waals surface area contributed by atoms with Gasteiger partial charge in [0.2, 0.25) is 0 Å². The third kappa shape index (κ3) is 3.26. The van der Waals surface area contributed by atoms with Crippen molar-refractivity contribution in [3.05, 3.63) is 114 Å². The van der Waals surface area contributed by atoms with Gasteiger partial charge in [-0.2, -0.15) is 0 Å². The molecule has 1 aromatic heterocycles. The summed E-state index contributed by atoms with van der Waals surface area (Å²) in [6.45, 7) is 0.809. The number of hydrogen-bond acceptors (Lipinski definition) is 3. The number of anilines is 2. The standard InChI is InChI=1S/C29H26N4/c1-31(2)23-18-16-22(17-19-23)29-32(20-21-10-4-3-5-11-21)26-14-8-6-12-24(26)28-30-25-13-7-9-15-27(25)33(28)29/h3-19,29H,20H2,1-2H3. The Morgan fingerprint density at radius 3 is 2.24 bits per heavy atom. The van der Waals surface area contributed by atoms with E-state index in [1.165, 1.54) is 28.1 Å². The van der Waals surface area contributed by atoms with E-state index < -0.39 is 0 Å². The van der Waals surface area contributed by atoms with Crippen LogP contribution in [0.2, 0.25) is 0 Å². The van der Waals surface area contributed by atoms with Crippen molar-refractivity contribution in [1.82, 2.24) is 9.55 Å². The monoisotopic (exact) mass is 430 g/mol. The fraction of sp³-hybridized carbons (Fsp3) is 0.138. The summed E-state index contributed by atoms with van der Waals surface area (Å²) in [7, 11) is 4.16. The molecule has 0 fully saturated rings. The molecule has 0 saturated heterocycles. The van der Waals surface area contributed by atoms with E-state index in [-0.39, 0.29) is 6.17 Å². The largest absolute Gasteiger partial charge is 0.378 e. The van der Waals surface area contributed by atoms with Crippen molar-refractivity contribution in [2.24, 2.45) is 0 Å². The van der Waals surface area contributed by atoms with Gasteiger partial charge in [0.25, 0.3) is 0 Å². The maximum Gasteiger partial charge on any atom is 0.145 e. The Morgan fingerprint density at radius 2 is 1.45 bits per heavy atom. The molecular weight excluding hydrogens is 404 g/mol. The van der Waals surface area contributed by atoms with Crippen LogP contribution in [0.1, 0.15) is 17.3 Å². The number of hydrogen-bond donors (Lipinski definition) is 0. The molecule has 1 aliphatic heterocycles. The van der Waals surface area contributed by atoms with Crippen molar-refractivity contribution in [1.29, 1.82) is 0 Å². The number of aromatic nitrogens is 2. The van der Waals surface area contributed by atoms with Gasteiger partial charge < -0.3 is 9.80 Å². The van der Waals surface area contributed by atoms with E-state index in [9.17, 15) is 0 Å². The summed E-state index contributed by atoms with van der Waals surface area (Å²) in [6.07, 6.45) is -0.00119. The van der Waals surface area contributed by atoms with Gasteiger partial charge in [0.1, 0.15) is 12.0 Å². The number of nitrogens with zero attached hydrogens (tertiary/aromatic N) is 4. The first-order valence-electron chi connectivity index (χ1n) is 11.3. The van der Waals surface area contributed by atoms with Gasteiger partial charge in [0.05, 0.1) is 11.0 Å². The van der Waals surface area contributed by atoms with Crippen molar-refractivity contribution in [2.45, 2.75) is 12.7 Å². The number of para-hydroxylation sites is 3. The molecular formula is C29H26N4. The van der Waals surface area contributed by atoms with Crippen LogP contribution in [0.5, 0.6) is 0 Å². The molecule has 33 heavy (non-hydrogen) atoms. The molecule has 4 nitrogen and oxygen atoms in total. The smallest absolute Gasteiger partial charge is 0.145 e. The van der Waals surface area contributed by atoms with Gasteiger partial charge in [-0.05, 0) is 47.5 Å². The van der Waals surface area contributed by atoms with Gasteiger partial charge in [0.15, 0.2) is 0 Å². The second-order valence-electron chi connectivity index (χ2n) is 8.78. The first kappa shape index (κ1) is 19.6. The molecule has 0 saturated carbocycles. The Hall–Kier alpha value is -4.05. The Bertz CT molecular complexity index is 1420. The summed E-state index contributed by atoms with van der Waals surface area (Å²) in [6, 6.07) is 36.7. The molecule has 6 rings (SSSR count). The van der Waals surface area contributed by atoms with Crippen LogP contribution in [0.15, 0.2) is 103 Å². The van der Waals surface area contributed by atoms with Gasteiger partial charge in [-0.3, -0.25) is 4.57 Å². The SMILES string of the molecule is CN(C)c1ccc(C2N(Cc3ccccc3)c3ccccc3-c3nc4ccccc4n32)cc1. The first-order chi connectivity index (χ1) is 16.2. The Kier molecular flexibility index (Phi) is 4.65. The van der Waals surface area contributed by atoms with Crippen molar-refractivity contribution in [3.63, 3.8) is 0 Å². The Labute approximate surface area is 194 Å². The molecule has 5 aromatic rings. The second kappa shape index (κ2) is 7.82. The highest BCUT2D eigenvalue weighted by molar-refractivity contribution is 5.87. The highest BCUT2D eigenvalue weighted by Crippen LogP contribution is 2.45. The maximum absolute atomic E-state index is 5.09. The summed E-state index contributed by atoms with van der Waals surface area (Å²) in [4.78, 5) is 9.73. The van der Waals surface area contributed by atoms with Crippen molar-refractivity contribution >= 4 is 22.4 Å². The Balaban J connectivity index is 1.61. The molecule has 2 heterocycles. The minimum atomic E-state index is -0.00119. The summed E-state index contributed by atoms with van der Waals surface area (Å²) >= 11 is 0. The van der Waals surface area contributed by atoms with Crippen LogP contribution in [0.3, 0.4) is 0 Å². The highest BCUT2D eigenvalue weighted by Gasteiger charge is 2.34. The molecule has 1 unspecified atom stereocenters. The van der Waals surface area contributed by atoms with Gasteiger partial charge in [-0.15, -0.1) is 0 Å². The number of benzene rings is 4. The van der Waals surface area contributed by atoms with E-state index >= 15 is 0 Å². The van der Waals surface area contributed by atoms with Crippen molar-refractivity contribution < 1.29 is 0 Å². The van der Waals surface area contributed by atoms with E-state index in [0.717, 1.165) is 23.4 Å². The molecule has 0 bridgehead atoms. The zero-order valence-electron chi connectivity index (χ0n) is 18.9. The van der Waals surface area contributed by atoms with Crippen LogP contribution in [0, 0.1) is 0 Å². The van der Waals surface area contributed by atoms with E-state index in [2.05, 4.69) is 132 Å². The molecule has 1 aliphatic rings. The lowest BCUT2D eigenvalue weighted by molar-refractivity contribution is 0.543. The first-order valence-corrected chi connectivity index (χ1v) is 11.3. The normalized spacial score (nSPS) is 14.7. The fourth-order valence-electron chi connectivity index (χ4n) is 4.89. The molecule has 162 valence electrons. The molecule has 0 N–H and O–H groups in total. The second-order valence-corrected chi connectivity index (χ2v) is 8.78. The lowest BCUT2D eigenvalue weighted by atomic mass is 10.0. The van der Waals surface area contributed by atoms with Crippen LogP contribution in [0.4, 0.5) is 11.4 Å². The molecule has 4 heteroatoms. The number of rotatable bonds is 4. The fourth-order valence-corrected chi connectivity index (χ4v) is 4.89. The quantitative estimate of drug-likeness (QED) is 0.333. The van der Waals surface area contributed by atoms with E-state index in [1.807, 2.05) is 0 Å². The minimum absolute atomic E-state index is 0.00119. The summed E-state index contributed by atoms with van der Waals surface area (Å²) in [5, 5.41) is 0. The zero-order valence-corrected chi connectivity index (χ0v) is 18.9. The van der Waals surface area contributed by atoms with E-state index in [1.54, 1.807) is 0 Å². The minimum Gasteiger partial charge on any atom is -0.378 e. The lowest BCUT2D eigenvalue weighted by Gasteiger charge is -2.40. The molecule has 0 aliphatic carbocycles.